The van der Waals surface area contributed by atoms with Gasteiger partial charge in [0.05, 0.1) is 0 Å². The Balaban J connectivity index is 1.17. The Kier molecular flexibility index (Phi) is 10.6. The summed E-state index contributed by atoms with van der Waals surface area (Å²) < 4.78 is 26.6. The van der Waals surface area contributed by atoms with E-state index in [-0.39, 0.29) is 17.1 Å². The molecule has 1 saturated heterocycles. The normalized spacial score (nSPS) is 17.3. The van der Waals surface area contributed by atoms with E-state index in [1.54, 1.807) is 36.7 Å². The van der Waals surface area contributed by atoms with Crippen molar-refractivity contribution in [3.05, 3.63) is 166 Å². The number of hydrogen-bond acceptors (Lipinski definition) is 10. The summed E-state index contributed by atoms with van der Waals surface area (Å²) in [5.41, 5.74) is 1.94. The number of carboxylic acids is 1. The first-order valence-corrected chi connectivity index (χ1v) is 18.4. The molecule has 0 spiro atoms. The number of nitrogens with one attached hydrogen (secondary N) is 2. The largest absolute Gasteiger partial charge is 0.477 e. The molecule has 2 aliphatic rings. The fourth-order valence-corrected chi connectivity index (χ4v) is 8.40. The van der Waals surface area contributed by atoms with Gasteiger partial charge in [-0.2, -0.15) is 8.78 Å². The van der Waals surface area contributed by atoms with Crippen LogP contribution in [0.2, 0.25) is 0 Å². The van der Waals surface area contributed by atoms with Gasteiger partial charge in [-0.05, 0) is 33.9 Å². The third-order valence-corrected chi connectivity index (χ3v) is 10.8. The van der Waals surface area contributed by atoms with Gasteiger partial charge in [-0.1, -0.05) is 114 Å². The average Bonchev–Trinajstić information content (AvgIpc) is 3.66. The molecule has 3 aromatic carbocycles. The van der Waals surface area contributed by atoms with Gasteiger partial charge >= 0.3 is 12.6 Å². The standard InChI is InChI=1S/C39H30F2N6O5S2/c40-37(41)52-46-30(33(48)44-31-34(49)47-32(36(50)51)25(22-53-35(31)47)19-18-24-11-10-20-42-21-24)29-23-54-38(43-29)45-39(26-12-4-1-5-13-26,27-14-6-2-7-15-27)28-16-8-3-9-17-28/h1-21,23,31,35,37H,22H2,(H,43,45)(H,44,48)(H,50,51)/b19-18-,46-30+/t31-,35-/m1/s1. The zero-order valence-electron chi connectivity index (χ0n) is 28.1. The van der Waals surface area contributed by atoms with Gasteiger partial charge in [-0.3, -0.25) is 19.5 Å². The topological polar surface area (TPSA) is 146 Å². The number of aromatic nitrogens is 2. The van der Waals surface area contributed by atoms with Gasteiger partial charge in [0.25, 0.3) is 11.8 Å². The number of aliphatic carboxylic acids is 1. The van der Waals surface area contributed by atoms with E-state index >= 15 is 0 Å². The highest BCUT2D eigenvalue weighted by molar-refractivity contribution is 8.00. The summed E-state index contributed by atoms with van der Waals surface area (Å²) in [7, 11) is 0. The van der Waals surface area contributed by atoms with Crippen LogP contribution in [0.25, 0.3) is 6.08 Å². The van der Waals surface area contributed by atoms with Crippen LogP contribution in [0.3, 0.4) is 0 Å². The molecule has 5 aromatic rings. The molecule has 2 amide bonds. The molecule has 11 nitrogen and oxygen atoms in total. The summed E-state index contributed by atoms with van der Waals surface area (Å²) in [6, 6.07) is 31.5. The summed E-state index contributed by atoms with van der Waals surface area (Å²) in [6.07, 6.45) is 6.54. The zero-order chi connectivity index (χ0) is 37.7. The minimum Gasteiger partial charge on any atom is -0.477 e. The lowest BCUT2D eigenvalue weighted by Gasteiger charge is -2.49. The number of hydrogen-bond donors (Lipinski definition) is 3. The first kappa shape index (κ1) is 36.2. The average molecular weight is 765 g/mol. The molecule has 0 aliphatic carbocycles. The van der Waals surface area contributed by atoms with E-state index in [0.29, 0.717) is 10.7 Å². The van der Waals surface area contributed by atoms with E-state index in [0.717, 1.165) is 38.5 Å². The summed E-state index contributed by atoms with van der Waals surface area (Å²) in [5.74, 6) is -2.77. The van der Waals surface area contributed by atoms with Gasteiger partial charge in [0.2, 0.25) is 0 Å². The number of benzene rings is 3. The number of allylic oxidation sites excluding steroid dienone is 1. The second-order valence-electron chi connectivity index (χ2n) is 12.0. The number of oxime groups is 1. The van der Waals surface area contributed by atoms with Crippen molar-refractivity contribution in [3.8, 4) is 0 Å². The second kappa shape index (κ2) is 15.8. The number of thiazole rings is 1. The smallest absolute Gasteiger partial charge is 0.407 e. The van der Waals surface area contributed by atoms with E-state index in [1.807, 2.05) is 91.0 Å². The van der Waals surface area contributed by atoms with Crippen LogP contribution >= 0.6 is 23.1 Å². The number of anilines is 1. The Labute approximate surface area is 316 Å². The molecular weight excluding hydrogens is 735 g/mol. The van der Waals surface area contributed by atoms with Crippen molar-refractivity contribution in [3.63, 3.8) is 0 Å². The van der Waals surface area contributed by atoms with Gasteiger partial charge in [0, 0.05) is 23.5 Å². The molecule has 0 bridgehead atoms. The van der Waals surface area contributed by atoms with Crippen LogP contribution in [0.15, 0.2) is 143 Å². The van der Waals surface area contributed by atoms with E-state index in [9.17, 15) is 28.3 Å². The van der Waals surface area contributed by atoms with Crippen LogP contribution in [0.1, 0.15) is 27.9 Å². The number of carboxylic acid groups (broad SMARTS) is 1. The molecule has 54 heavy (non-hydrogen) atoms. The molecule has 7 rings (SSSR count). The number of β-lactam (4-membered cyclic amide) rings is 1. The molecule has 0 saturated carbocycles. The number of thioether (sulfide) groups is 1. The highest BCUT2D eigenvalue weighted by Crippen LogP contribution is 2.42. The lowest BCUT2D eigenvalue weighted by Crippen LogP contribution is -2.71. The number of carbonyl (C=O) groups is 3. The van der Waals surface area contributed by atoms with Crippen LogP contribution in [0.4, 0.5) is 13.9 Å². The molecule has 1 fully saturated rings. The Morgan fingerprint density at radius 1 is 0.944 bits per heavy atom. The zero-order valence-corrected chi connectivity index (χ0v) is 29.7. The Morgan fingerprint density at radius 3 is 2.13 bits per heavy atom. The van der Waals surface area contributed by atoms with Gasteiger partial charge in [-0.15, -0.1) is 23.1 Å². The van der Waals surface area contributed by atoms with E-state index in [4.69, 9.17) is 0 Å². The number of halogens is 2. The monoisotopic (exact) mass is 764 g/mol. The SMILES string of the molecule is O=C(O)C1=C(/C=C\c2cccnc2)CS[C@@H]2[C@H](NC(=O)/C(=N/OC(F)F)c3csc(NC(c4ccccc4)(c4ccccc4)c4ccccc4)n3)C(=O)N12. The fourth-order valence-electron chi connectivity index (χ4n) is 6.33. The predicted molar refractivity (Wildman–Crippen MR) is 202 cm³/mol. The number of pyridine rings is 1. The first-order valence-electron chi connectivity index (χ1n) is 16.5. The summed E-state index contributed by atoms with van der Waals surface area (Å²) in [4.78, 5) is 53.5. The molecule has 272 valence electrons. The van der Waals surface area contributed by atoms with E-state index in [1.165, 1.54) is 17.1 Å². The number of rotatable bonds is 13. The highest BCUT2D eigenvalue weighted by atomic mass is 32.2. The number of fused-ring (bicyclic) bond motifs is 1. The number of nitrogens with zero attached hydrogens (tertiary/aromatic N) is 4. The van der Waals surface area contributed by atoms with Crippen molar-refractivity contribution in [2.45, 2.75) is 23.6 Å². The molecule has 4 heterocycles. The van der Waals surface area contributed by atoms with E-state index in [2.05, 4.69) is 30.6 Å². The number of amides is 2. The lowest BCUT2D eigenvalue weighted by atomic mass is 9.77. The first-order chi connectivity index (χ1) is 26.3. The van der Waals surface area contributed by atoms with E-state index < -0.39 is 47.1 Å². The van der Waals surface area contributed by atoms with Crippen LogP contribution in [0, 0.1) is 0 Å². The number of carbonyl (C=O) groups excluding carboxylic acids is 2. The minimum atomic E-state index is -3.35. The molecule has 15 heteroatoms. The Hall–Kier alpha value is -6.19. The second-order valence-corrected chi connectivity index (χ2v) is 13.9. The highest BCUT2D eigenvalue weighted by Gasteiger charge is 2.54. The third-order valence-electron chi connectivity index (χ3n) is 8.75. The fraction of sp³-hybridized carbons (Fsp3) is 0.128. The number of alkyl halides is 2. The molecular formula is C39H30F2N6O5S2. The quantitative estimate of drug-likeness (QED) is 0.0542. The van der Waals surface area contributed by atoms with Gasteiger partial charge in [-0.25, -0.2) is 9.78 Å². The maximum atomic E-state index is 13.7. The molecule has 0 radical (unpaired) electrons. The van der Waals surface area contributed by atoms with Crippen LogP contribution in [-0.2, 0) is 24.8 Å². The van der Waals surface area contributed by atoms with Crippen molar-refractivity contribution in [2.24, 2.45) is 5.16 Å². The van der Waals surface area contributed by atoms with Crippen molar-refractivity contribution in [1.29, 1.82) is 0 Å². The van der Waals surface area contributed by atoms with Crippen LogP contribution < -0.4 is 10.6 Å². The summed E-state index contributed by atoms with van der Waals surface area (Å²) in [6.45, 7) is -3.35. The minimum absolute atomic E-state index is 0.0855. The third kappa shape index (κ3) is 7.23. The molecule has 2 aliphatic heterocycles. The van der Waals surface area contributed by atoms with Gasteiger partial charge in [0.15, 0.2) is 10.8 Å². The molecule has 0 unspecified atom stereocenters. The lowest BCUT2D eigenvalue weighted by molar-refractivity contribution is -0.150. The maximum Gasteiger partial charge on any atom is 0.407 e. The van der Waals surface area contributed by atoms with Crippen molar-refractivity contribution in [2.75, 3.05) is 11.1 Å². The maximum absolute atomic E-state index is 13.7. The van der Waals surface area contributed by atoms with Crippen LogP contribution in [0.5, 0.6) is 0 Å². The Bertz CT molecular complexity index is 2140. The summed E-state index contributed by atoms with van der Waals surface area (Å²) >= 11 is 2.37. The molecule has 2 atom stereocenters. The molecule has 3 N–H and O–H groups in total. The van der Waals surface area contributed by atoms with Crippen LogP contribution in [-0.4, -0.2) is 67.2 Å². The van der Waals surface area contributed by atoms with Gasteiger partial charge in [0.1, 0.15) is 28.3 Å². The Morgan fingerprint density at radius 2 is 1.57 bits per heavy atom. The predicted octanol–water partition coefficient (Wildman–Crippen LogP) is 6.34. The summed E-state index contributed by atoms with van der Waals surface area (Å²) in [5, 5.41) is 20.7. The van der Waals surface area contributed by atoms with Crippen molar-refractivity contribution >= 4 is 57.8 Å². The van der Waals surface area contributed by atoms with Crippen molar-refractivity contribution < 1.29 is 33.1 Å². The molecule has 2 aromatic heterocycles. The van der Waals surface area contributed by atoms with Crippen molar-refractivity contribution in [1.82, 2.24) is 20.2 Å². The van der Waals surface area contributed by atoms with Gasteiger partial charge < -0.3 is 20.6 Å².